The molecule has 0 saturated heterocycles. The molecule has 0 aliphatic heterocycles. The van der Waals surface area contributed by atoms with Crippen LogP contribution < -0.4 is 5.30 Å². The van der Waals surface area contributed by atoms with Gasteiger partial charge in [0.1, 0.15) is 12.2 Å². The summed E-state index contributed by atoms with van der Waals surface area (Å²) in [7, 11) is -3.62. The third-order valence-electron chi connectivity index (χ3n) is 2.34. The van der Waals surface area contributed by atoms with Crippen molar-refractivity contribution in [3.05, 3.63) is 30.3 Å². The Morgan fingerprint density at radius 2 is 1.36 bits per heavy atom. The molecule has 0 heterocycles. The van der Waals surface area contributed by atoms with E-state index in [0.717, 1.165) is 0 Å². The average molecular weight is 310 g/mol. The quantitative estimate of drug-likeness (QED) is 0.475. The molecule has 1 rings (SSSR count). The maximum atomic E-state index is 12.8. The largest absolute Gasteiger partial charge is 0.479 e. The van der Waals surface area contributed by atoms with Gasteiger partial charge in [-0.05, 0) is 12.1 Å². The number of terminal acetylenes is 2. The Kier molecular flexibility index (Phi) is 7.95. The molecule has 4 heteroatoms. The number of hydrogen-bond acceptors (Lipinski definition) is 3. The van der Waals surface area contributed by atoms with Crippen LogP contribution in [0.25, 0.3) is 0 Å². The molecule has 0 N–H and O–H groups in total. The van der Waals surface area contributed by atoms with Crippen molar-refractivity contribution in [3.8, 4) is 48.7 Å². The molecule has 1 aromatic rings. The lowest BCUT2D eigenvalue weighted by molar-refractivity contribution is 0.366. The number of hydrogen-bond donors (Lipinski definition) is 0. The van der Waals surface area contributed by atoms with Crippen LogP contribution in [0.5, 0.6) is 0 Å². The first-order chi connectivity index (χ1) is 10.7. The number of unbranched alkanes of at least 4 members (excludes halogenated alkanes) is 2. The minimum Gasteiger partial charge on any atom is -0.358 e. The SMILES string of the molecule is C#CCCC#COP(=O)(OC#CCCC#C)c1ccccc1. The number of benzene rings is 1. The van der Waals surface area contributed by atoms with E-state index in [-0.39, 0.29) is 0 Å². The first kappa shape index (κ1) is 17.3. The van der Waals surface area contributed by atoms with Crippen molar-refractivity contribution in [2.45, 2.75) is 25.7 Å². The molecule has 0 radical (unpaired) electrons. The zero-order valence-electron chi connectivity index (χ0n) is 12.0. The van der Waals surface area contributed by atoms with Gasteiger partial charge in [-0.15, -0.1) is 24.7 Å². The summed E-state index contributed by atoms with van der Waals surface area (Å²) >= 11 is 0. The van der Waals surface area contributed by atoms with Gasteiger partial charge in [0.05, 0.1) is 5.30 Å². The van der Waals surface area contributed by atoms with Crippen LogP contribution in [-0.4, -0.2) is 0 Å². The molecule has 110 valence electrons. The van der Waals surface area contributed by atoms with Crippen LogP contribution in [0.15, 0.2) is 30.3 Å². The first-order valence-corrected chi connectivity index (χ1v) is 8.12. The summed E-state index contributed by atoms with van der Waals surface area (Å²) < 4.78 is 23.0. The molecule has 0 fully saturated rings. The van der Waals surface area contributed by atoms with Crippen molar-refractivity contribution >= 4 is 12.9 Å². The van der Waals surface area contributed by atoms with Gasteiger partial charge in [-0.25, -0.2) is 4.57 Å². The first-order valence-electron chi connectivity index (χ1n) is 6.58. The Morgan fingerprint density at radius 1 is 0.864 bits per heavy atom. The minimum atomic E-state index is -3.62. The van der Waals surface area contributed by atoms with Crippen molar-refractivity contribution in [1.82, 2.24) is 0 Å². The topological polar surface area (TPSA) is 35.5 Å². The molecule has 1 aromatic carbocycles. The Bertz CT molecular complexity index is 673. The Labute approximate surface area is 131 Å². The second-order valence-electron chi connectivity index (χ2n) is 3.98. The van der Waals surface area contributed by atoms with Crippen LogP contribution >= 0.6 is 7.60 Å². The Balaban J connectivity index is 2.83. The lowest BCUT2D eigenvalue weighted by Crippen LogP contribution is -2.06. The van der Waals surface area contributed by atoms with E-state index in [1.54, 1.807) is 30.3 Å². The molecule has 3 nitrogen and oxygen atoms in total. The minimum absolute atomic E-state index is 0.382. The third kappa shape index (κ3) is 6.16. The van der Waals surface area contributed by atoms with Gasteiger partial charge in [0, 0.05) is 25.7 Å². The van der Waals surface area contributed by atoms with Crippen molar-refractivity contribution in [3.63, 3.8) is 0 Å². The van der Waals surface area contributed by atoms with Crippen molar-refractivity contribution in [2.24, 2.45) is 0 Å². The highest BCUT2D eigenvalue weighted by Crippen LogP contribution is 2.46. The van der Waals surface area contributed by atoms with Gasteiger partial charge in [-0.3, -0.25) is 0 Å². The molecule has 0 saturated carbocycles. The van der Waals surface area contributed by atoms with Crippen molar-refractivity contribution in [2.75, 3.05) is 0 Å². The molecule has 0 unspecified atom stereocenters. The zero-order chi connectivity index (χ0) is 16.1. The van der Waals surface area contributed by atoms with Gasteiger partial charge >= 0.3 is 7.60 Å². The molecule has 22 heavy (non-hydrogen) atoms. The van der Waals surface area contributed by atoms with Crippen LogP contribution in [0.3, 0.4) is 0 Å². The lowest BCUT2D eigenvalue weighted by atomic mass is 10.3. The second kappa shape index (κ2) is 10.1. The maximum Gasteiger partial charge on any atom is 0.479 e. The Hall–Kier alpha value is -2.71. The maximum absolute atomic E-state index is 12.8. The highest BCUT2D eigenvalue weighted by atomic mass is 31.2. The average Bonchev–Trinajstić information content (AvgIpc) is 2.55. The van der Waals surface area contributed by atoms with Gasteiger partial charge in [0.15, 0.2) is 0 Å². The van der Waals surface area contributed by atoms with Crippen molar-refractivity contribution < 1.29 is 13.6 Å². The Morgan fingerprint density at radius 3 is 1.82 bits per heavy atom. The van der Waals surface area contributed by atoms with Crippen LogP contribution in [0.1, 0.15) is 25.7 Å². The molecule has 0 aliphatic rings. The van der Waals surface area contributed by atoms with Crippen molar-refractivity contribution in [1.29, 1.82) is 0 Å². The predicted molar refractivity (Wildman–Crippen MR) is 87.5 cm³/mol. The van der Waals surface area contributed by atoms with E-state index >= 15 is 0 Å². The summed E-state index contributed by atoms with van der Waals surface area (Å²) in [5.74, 6) is 10.3. The van der Waals surface area contributed by atoms with Gasteiger partial charge in [0.25, 0.3) is 0 Å². The molecule has 0 spiro atoms. The highest BCUT2D eigenvalue weighted by Gasteiger charge is 2.29. The van der Waals surface area contributed by atoms with E-state index in [0.29, 0.717) is 31.0 Å². The fourth-order valence-electron chi connectivity index (χ4n) is 1.29. The number of rotatable bonds is 5. The normalized spacial score (nSPS) is 9.00. The summed E-state index contributed by atoms with van der Waals surface area (Å²) in [6.45, 7) is 0. The fourth-order valence-corrected chi connectivity index (χ4v) is 2.45. The summed E-state index contributed by atoms with van der Waals surface area (Å²) in [6, 6.07) is 8.52. The van der Waals surface area contributed by atoms with E-state index in [1.165, 1.54) is 0 Å². The molecule has 0 bridgehead atoms. The highest BCUT2D eigenvalue weighted by molar-refractivity contribution is 7.62. The van der Waals surface area contributed by atoms with Gasteiger partial charge in [0.2, 0.25) is 0 Å². The summed E-state index contributed by atoms with van der Waals surface area (Å²) in [6.07, 6.45) is 16.9. The molecular weight excluding hydrogens is 295 g/mol. The van der Waals surface area contributed by atoms with E-state index in [9.17, 15) is 4.57 Å². The van der Waals surface area contributed by atoms with E-state index in [1.807, 2.05) is 0 Å². The summed E-state index contributed by atoms with van der Waals surface area (Å²) in [5, 5.41) is 0.382. The smallest absolute Gasteiger partial charge is 0.358 e. The van der Waals surface area contributed by atoms with Crippen LogP contribution in [0, 0.1) is 48.7 Å². The van der Waals surface area contributed by atoms with E-state index < -0.39 is 7.60 Å². The molecule has 0 aromatic heterocycles. The zero-order valence-corrected chi connectivity index (χ0v) is 12.9. The predicted octanol–water partition coefficient (Wildman–Crippen LogP) is 3.29. The van der Waals surface area contributed by atoms with Crippen LogP contribution in [0.4, 0.5) is 0 Å². The van der Waals surface area contributed by atoms with E-state index in [4.69, 9.17) is 21.9 Å². The molecule has 0 atom stereocenters. The van der Waals surface area contributed by atoms with Crippen LogP contribution in [-0.2, 0) is 13.6 Å². The monoisotopic (exact) mass is 310 g/mol. The second-order valence-corrected chi connectivity index (χ2v) is 5.86. The molecule has 0 aliphatic carbocycles. The standard InChI is InChI=1S/C18H15O3P/c1-3-5-7-12-16-20-22(19,18-14-10-9-11-15-18)21-17-13-8-6-4-2/h1-2,9-11,14-15H,5-8H2. The molecule has 0 amide bonds. The van der Waals surface area contributed by atoms with Gasteiger partial charge in [-0.1, -0.05) is 30.0 Å². The third-order valence-corrected chi connectivity index (χ3v) is 3.93. The summed E-state index contributed by atoms with van der Waals surface area (Å²) in [4.78, 5) is 0. The van der Waals surface area contributed by atoms with E-state index in [2.05, 4.69) is 35.9 Å². The van der Waals surface area contributed by atoms with Gasteiger partial charge < -0.3 is 9.05 Å². The lowest BCUT2D eigenvalue weighted by Gasteiger charge is -2.11. The van der Waals surface area contributed by atoms with Gasteiger partial charge in [-0.2, -0.15) is 0 Å². The fraction of sp³-hybridized carbons (Fsp3) is 0.222. The molecular formula is C18H15O3P. The van der Waals surface area contributed by atoms with Crippen LogP contribution in [0.2, 0.25) is 0 Å². The summed E-state index contributed by atoms with van der Waals surface area (Å²) in [5.41, 5.74) is 0.